The molecule has 0 bridgehead atoms. The van der Waals surface area contributed by atoms with E-state index in [1.54, 1.807) is 19.3 Å². The third kappa shape index (κ3) is 5.58. The molecule has 1 aromatic heterocycles. The number of aliphatic hydroxyl groups is 1. The SMILES string of the molecule is Br.C=C/C(O)=C(Br)\C=C\C(=O)N(C)c1cc(Br)cnc1OC. The van der Waals surface area contributed by atoms with Gasteiger partial charge in [-0.25, -0.2) is 4.98 Å². The average Bonchev–Trinajstić information content (AvgIpc) is 2.50. The monoisotopic (exact) mass is 496 g/mol. The summed E-state index contributed by atoms with van der Waals surface area (Å²) in [5.41, 5.74) is 0.523. The van der Waals surface area contributed by atoms with Crippen LogP contribution in [0.4, 0.5) is 5.69 Å². The highest BCUT2D eigenvalue weighted by atomic mass is 79.9. The Labute approximate surface area is 156 Å². The third-order valence-electron chi connectivity index (χ3n) is 2.49. The van der Waals surface area contributed by atoms with Crippen LogP contribution in [0.25, 0.3) is 0 Å². The maximum atomic E-state index is 12.1. The molecule has 0 unspecified atom stereocenters. The molecular formula is C14H15Br3N2O3. The Morgan fingerprint density at radius 1 is 1.50 bits per heavy atom. The lowest BCUT2D eigenvalue weighted by Gasteiger charge is -2.17. The van der Waals surface area contributed by atoms with Gasteiger partial charge in [-0.1, -0.05) is 6.58 Å². The topological polar surface area (TPSA) is 62.7 Å². The van der Waals surface area contributed by atoms with Gasteiger partial charge in [-0.2, -0.15) is 0 Å². The molecule has 0 atom stereocenters. The van der Waals surface area contributed by atoms with Crippen LogP contribution in [0.1, 0.15) is 0 Å². The number of pyridine rings is 1. The maximum absolute atomic E-state index is 12.1. The number of hydrogen-bond acceptors (Lipinski definition) is 4. The first-order valence-corrected chi connectivity index (χ1v) is 7.35. The number of allylic oxidation sites excluding steroid dienone is 3. The maximum Gasteiger partial charge on any atom is 0.250 e. The summed E-state index contributed by atoms with van der Waals surface area (Å²) in [6.07, 6.45) is 5.60. The highest BCUT2D eigenvalue weighted by molar-refractivity contribution is 9.12. The van der Waals surface area contributed by atoms with Gasteiger partial charge in [0.1, 0.15) is 11.4 Å². The van der Waals surface area contributed by atoms with Crippen LogP contribution in [0.3, 0.4) is 0 Å². The van der Waals surface area contributed by atoms with Crippen LogP contribution in [0.2, 0.25) is 0 Å². The van der Waals surface area contributed by atoms with E-state index in [0.717, 1.165) is 4.47 Å². The van der Waals surface area contributed by atoms with E-state index >= 15 is 0 Å². The van der Waals surface area contributed by atoms with Gasteiger partial charge in [0.25, 0.3) is 5.91 Å². The molecule has 0 aromatic carbocycles. The van der Waals surface area contributed by atoms with Gasteiger partial charge >= 0.3 is 0 Å². The number of aromatic nitrogens is 1. The molecule has 0 aliphatic heterocycles. The molecule has 0 saturated carbocycles. The van der Waals surface area contributed by atoms with Gasteiger partial charge in [0.05, 0.1) is 11.6 Å². The smallest absolute Gasteiger partial charge is 0.250 e. The second-order valence-electron chi connectivity index (χ2n) is 3.85. The highest BCUT2D eigenvalue weighted by Gasteiger charge is 2.15. The minimum absolute atomic E-state index is 0. The summed E-state index contributed by atoms with van der Waals surface area (Å²) in [5.74, 6) is -0.0172. The zero-order valence-electron chi connectivity index (χ0n) is 11.9. The fraction of sp³-hybridized carbons (Fsp3) is 0.143. The quantitative estimate of drug-likeness (QED) is 0.373. The van der Waals surface area contributed by atoms with Crippen LogP contribution in [-0.4, -0.2) is 30.2 Å². The Bertz CT molecular complexity index is 615. The number of aliphatic hydroxyl groups excluding tert-OH is 1. The fourth-order valence-corrected chi connectivity index (χ4v) is 1.98. The first-order valence-electron chi connectivity index (χ1n) is 5.77. The Morgan fingerprint density at radius 2 is 2.14 bits per heavy atom. The number of likely N-dealkylation sites (N-methyl/N-ethyl adjacent to an activating group) is 1. The number of hydrogen-bond donors (Lipinski definition) is 1. The van der Waals surface area contributed by atoms with Crippen molar-refractivity contribution in [3.05, 3.63) is 51.8 Å². The molecule has 8 heteroatoms. The summed E-state index contributed by atoms with van der Waals surface area (Å²) in [7, 11) is 3.08. The van der Waals surface area contributed by atoms with Crippen LogP contribution in [0, 0.1) is 0 Å². The van der Waals surface area contributed by atoms with E-state index in [1.165, 1.54) is 30.2 Å². The Morgan fingerprint density at radius 3 is 2.68 bits per heavy atom. The Balaban J connectivity index is 0.00000441. The van der Waals surface area contributed by atoms with Gasteiger partial charge in [-0.15, -0.1) is 17.0 Å². The Hall–Kier alpha value is -1.12. The van der Waals surface area contributed by atoms with Gasteiger partial charge in [-0.05, 0) is 50.1 Å². The Kier molecular flexibility index (Phi) is 9.31. The number of halogens is 3. The van der Waals surface area contributed by atoms with E-state index in [9.17, 15) is 9.90 Å². The number of methoxy groups -OCH3 is 1. The van der Waals surface area contributed by atoms with E-state index in [0.29, 0.717) is 16.0 Å². The lowest BCUT2D eigenvalue weighted by Crippen LogP contribution is -2.24. The van der Waals surface area contributed by atoms with Crippen LogP contribution in [0.5, 0.6) is 5.88 Å². The molecule has 22 heavy (non-hydrogen) atoms. The molecule has 0 radical (unpaired) electrons. The largest absolute Gasteiger partial charge is 0.507 e. The van der Waals surface area contributed by atoms with Gasteiger partial charge in [0.15, 0.2) is 0 Å². The zero-order chi connectivity index (χ0) is 16.0. The van der Waals surface area contributed by atoms with Crippen molar-refractivity contribution >= 4 is 60.4 Å². The molecule has 5 nitrogen and oxygen atoms in total. The third-order valence-corrected chi connectivity index (χ3v) is 3.60. The number of anilines is 1. The van der Waals surface area contributed by atoms with Crippen molar-refractivity contribution in [3.63, 3.8) is 0 Å². The van der Waals surface area contributed by atoms with Crippen LogP contribution >= 0.6 is 48.8 Å². The summed E-state index contributed by atoms with van der Waals surface area (Å²) in [4.78, 5) is 17.6. The summed E-state index contributed by atoms with van der Waals surface area (Å²) >= 11 is 6.43. The predicted octanol–water partition coefficient (Wildman–Crippen LogP) is 4.30. The molecule has 0 spiro atoms. The van der Waals surface area contributed by atoms with E-state index < -0.39 is 0 Å². The molecule has 120 valence electrons. The van der Waals surface area contributed by atoms with Crippen molar-refractivity contribution in [1.82, 2.24) is 4.98 Å². The average molecular weight is 499 g/mol. The standard InChI is InChI=1S/C14H14Br2N2O3.BrH/c1-4-12(19)10(16)5-6-13(20)18(2)11-7-9(15)8-17-14(11)21-3;/h4-8,19H,1H2,2-3H3;1H/b6-5+,12-10-;. The summed E-state index contributed by atoms with van der Waals surface area (Å²) in [6.45, 7) is 3.43. The molecule has 0 aliphatic carbocycles. The van der Waals surface area contributed by atoms with Crippen molar-refractivity contribution in [2.75, 3.05) is 19.1 Å². The first kappa shape index (κ1) is 20.9. The molecule has 1 amide bonds. The number of ether oxygens (including phenoxy) is 1. The summed E-state index contributed by atoms with van der Waals surface area (Å²) < 4.78 is 6.22. The van der Waals surface area contributed by atoms with E-state index in [1.807, 2.05) is 0 Å². The predicted molar refractivity (Wildman–Crippen MR) is 100 cm³/mol. The molecule has 0 fully saturated rings. The van der Waals surface area contributed by atoms with E-state index in [2.05, 4.69) is 43.4 Å². The van der Waals surface area contributed by atoms with Crippen molar-refractivity contribution in [3.8, 4) is 5.88 Å². The second-order valence-corrected chi connectivity index (χ2v) is 5.62. The van der Waals surface area contributed by atoms with Gasteiger partial charge in [-0.3, -0.25) is 4.79 Å². The van der Waals surface area contributed by atoms with Crippen LogP contribution < -0.4 is 9.64 Å². The van der Waals surface area contributed by atoms with Gasteiger partial charge in [0.2, 0.25) is 5.88 Å². The van der Waals surface area contributed by atoms with Crippen LogP contribution in [0.15, 0.2) is 51.8 Å². The fourth-order valence-electron chi connectivity index (χ4n) is 1.37. The van der Waals surface area contributed by atoms with Crippen molar-refractivity contribution in [1.29, 1.82) is 0 Å². The van der Waals surface area contributed by atoms with Crippen molar-refractivity contribution in [2.24, 2.45) is 0 Å². The second kappa shape index (κ2) is 9.81. The first-order chi connectivity index (χ1) is 9.90. The van der Waals surface area contributed by atoms with E-state index in [4.69, 9.17) is 4.74 Å². The summed E-state index contributed by atoms with van der Waals surface area (Å²) in [5, 5.41) is 9.42. The molecule has 1 aromatic rings. The van der Waals surface area contributed by atoms with Crippen molar-refractivity contribution in [2.45, 2.75) is 0 Å². The summed E-state index contributed by atoms with van der Waals surface area (Å²) in [6, 6.07) is 1.73. The van der Waals surface area contributed by atoms with Crippen LogP contribution in [-0.2, 0) is 4.79 Å². The molecule has 1 N–H and O–H groups in total. The van der Waals surface area contributed by atoms with Gasteiger partial charge < -0.3 is 14.7 Å². The molecule has 1 rings (SSSR count). The number of carbonyl (C=O) groups is 1. The number of rotatable bonds is 5. The molecule has 0 saturated heterocycles. The molecular weight excluding hydrogens is 484 g/mol. The number of carbonyl (C=O) groups excluding carboxylic acids is 1. The lowest BCUT2D eigenvalue weighted by molar-refractivity contribution is -0.113. The number of nitrogens with zero attached hydrogens (tertiary/aromatic N) is 2. The molecule has 1 heterocycles. The van der Waals surface area contributed by atoms with Gasteiger partial charge in [0, 0.05) is 23.8 Å². The zero-order valence-corrected chi connectivity index (χ0v) is 16.8. The lowest BCUT2D eigenvalue weighted by atomic mass is 10.3. The van der Waals surface area contributed by atoms with Crippen molar-refractivity contribution < 1.29 is 14.6 Å². The number of amides is 1. The minimum Gasteiger partial charge on any atom is -0.507 e. The normalized spacial score (nSPS) is 11.5. The minimum atomic E-state index is -0.304. The molecule has 0 aliphatic rings. The highest BCUT2D eigenvalue weighted by Crippen LogP contribution is 2.28. The van der Waals surface area contributed by atoms with E-state index in [-0.39, 0.29) is 28.6 Å².